The first-order valence-corrected chi connectivity index (χ1v) is 35.9. The summed E-state index contributed by atoms with van der Waals surface area (Å²) < 4.78 is 20.1. The molecule has 548 valence electrons. The molecule has 103 heavy (non-hydrogen) atoms. The van der Waals surface area contributed by atoms with Crippen LogP contribution in [0.3, 0.4) is 0 Å². The zero-order valence-corrected chi connectivity index (χ0v) is 62.2. The lowest BCUT2D eigenvalue weighted by atomic mass is 9.96. The molecule has 10 heterocycles. The van der Waals surface area contributed by atoms with Crippen molar-refractivity contribution >= 4 is 104 Å². The van der Waals surface area contributed by atoms with E-state index in [2.05, 4.69) is 65.8 Å². The molecule has 7 aromatic heterocycles. The van der Waals surface area contributed by atoms with Gasteiger partial charge in [-0.15, -0.1) is 0 Å². The summed E-state index contributed by atoms with van der Waals surface area (Å²) >= 11 is 16.6. The number of carbonyl (C=O) groups excluding carboxylic acids is 3. The van der Waals surface area contributed by atoms with Gasteiger partial charge in [-0.05, 0) is 150 Å². The normalized spacial score (nSPS) is 17.0. The number of rotatable bonds is 8. The third-order valence-corrected chi connectivity index (χ3v) is 16.6. The number of nitrogens with zero attached hydrogens (tertiary/aromatic N) is 16. The van der Waals surface area contributed by atoms with Crippen molar-refractivity contribution in [2.75, 3.05) is 55.2 Å². The number of benzene rings is 3. The van der Waals surface area contributed by atoms with E-state index < -0.39 is 16.8 Å². The first-order chi connectivity index (χ1) is 49.3. The molecule has 0 radical (unpaired) electrons. The highest BCUT2D eigenvalue weighted by Crippen LogP contribution is 2.25. The Bertz CT molecular complexity index is 4280. The van der Waals surface area contributed by atoms with Crippen LogP contribution in [-0.4, -0.2) is 182 Å². The number of para-hydroxylation sites is 6. The number of piperidine rings is 3. The fraction of sp³-hybridized carbons (Fsp3) is 0.452. The standard InChI is InChI=1S/C21H26N6O2.C17H19N5.C14H21ClN4O2.C10H20N2O2.C7H6N2.C4H2Cl2N2/c1-21(2,3)29-20(28)26-10-6-7-15(13-26)24-18-11-22-12-19(25-18)27-14-23-16-8-4-5-9-17(16)27;1-2-6-13(7-3-1)20-16-10-18-11-17(21-16)22-12-19-14-8-4-5-9-15(14)22;1-14(2,3)21-13(20)19-6-4-5-10(9-19)17-12-8-16-7-11(15)18-12;1-10(2,3)14-9(13)12-6-4-5-8(11)7-12;1-2-4-7-6(3-1)8-5-9-7;5-3-1-7-2-4(6)8-3/h4-5,8-9,11-12,14-15H,6-7,10,13H2,1-3H3,(H,24,25);4-5,8-13H,1-3,6-7H2,(H,20,21);7-8,10H,4-6,9H2,1-3H3,(H,17,18);8H,4-7,11H2,1-3H3;1-5H,(H,8,9);1-2H/t15-;;10-;8-;;/m1.11../s1. The van der Waals surface area contributed by atoms with E-state index in [0.29, 0.717) is 71.7 Å². The molecule has 0 unspecified atom stereocenters. The van der Waals surface area contributed by atoms with Crippen molar-refractivity contribution in [3.8, 4) is 11.6 Å². The molecule has 4 fully saturated rings. The first kappa shape index (κ1) is 77.6. The van der Waals surface area contributed by atoms with Crippen molar-refractivity contribution in [3.63, 3.8) is 0 Å². The number of fused-ring (bicyclic) bond motifs is 3. The maximum absolute atomic E-state index is 12.4. The average molecular weight is 1470 g/mol. The van der Waals surface area contributed by atoms with Gasteiger partial charge in [-0.2, -0.15) is 0 Å². The van der Waals surface area contributed by atoms with Gasteiger partial charge in [-0.3, -0.25) is 29.1 Å². The lowest BCUT2D eigenvalue weighted by Gasteiger charge is -2.34. The molecule has 3 aliphatic heterocycles. The van der Waals surface area contributed by atoms with Gasteiger partial charge in [0.2, 0.25) is 0 Å². The van der Waals surface area contributed by atoms with E-state index in [1.165, 1.54) is 50.7 Å². The van der Waals surface area contributed by atoms with Crippen molar-refractivity contribution in [1.82, 2.24) is 83.6 Å². The van der Waals surface area contributed by atoms with Crippen LogP contribution < -0.4 is 21.7 Å². The highest BCUT2D eigenvalue weighted by atomic mass is 35.5. The van der Waals surface area contributed by atoms with E-state index in [1.807, 2.05) is 144 Å². The average Bonchev–Trinajstić information content (AvgIpc) is 1.69. The largest absolute Gasteiger partial charge is 0.444 e. The summed E-state index contributed by atoms with van der Waals surface area (Å²) in [6.45, 7) is 20.8. The van der Waals surface area contributed by atoms with Crippen molar-refractivity contribution in [3.05, 3.63) is 157 Å². The van der Waals surface area contributed by atoms with Crippen LogP contribution in [-0.2, 0) is 14.2 Å². The Morgan fingerprint density at radius 3 is 1.27 bits per heavy atom. The number of ether oxygens (including phenoxy) is 3. The molecule has 14 rings (SSSR count). The third-order valence-electron chi connectivity index (χ3n) is 16.1. The third kappa shape index (κ3) is 25.4. The zero-order valence-electron chi connectivity index (χ0n) is 59.9. The summed E-state index contributed by atoms with van der Waals surface area (Å²) in [5.41, 5.74) is 10.4. The number of aromatic nitrogens is 14. The second-order valence-corrected chi connectivity index (χ2v) is 29.3. The van der Waals surface area contributed by atoms with Gasteiger partial charge in [0.05, 0.1) is 89.0 Å². The maximum Gasteiger partial charge on any atom is 0.410 e. The Kier molecular flexibility index (Phi) is 27.9. The minimum absolute atomic E-state index is 0.0975. The van der Waals surface area contributed by atoms with E-state index >= 15 is 0 Å². The van der Waals surface area contributed by atoms with E-state index in [4.69, 9.17) is 64.7 Å². The molecular formula is C73H94Cl3N21O6. The number of imidazole rings is 3. The van der Waals surface area contributed by atoms with Crippen LogP contribution in [0.15, 0.2) is 141 Å². The number of halogens is 3. The van der Waals surface area contributed by atoms with Crippen LogP contribution in [0.5, 0.6) is 0 Å². The fourth-order valence-electron chi connectivity index (χ4n) is 11.5. The van der Waals surface area contributed by atoms with E-state index in [9.17, 15) is 14.4 Å². The van der Waals surface area contributed by atoms with E-state index in [1.54, 1.807) is 64.7 Å². The molecule has 1 aliphatic carbocycles. The summed E-state index contributed by atoms with van der Waals surface area (Å²) in [5.74, 6) is 3.65. The quantitative estimate of drug-likeness (QED) is 0.0883. The van der Waals surface area contributed by atoms with E-state index in [-0.39, 0.29) is 36.4 Å². The number of likely N-dealkylation sites (tertiary alicyclic amines) is 3. The Labute approximate surface area is 615 Å². The van der Waals surface area contributed by atoms with Gasteiger partial charge >= 0.3 is 18.3 Å². The van der Waals surface area contributed by atoms with Gasteiger partial charge in [0.15, 0.2) is 11.6 Å². The predicted molar refractivity (Wildman–Crippen MR) is 403 cm³/mol. The molecule has 10 aromatic rings. The smallest absolute Gasteiger partial charge is 0.410 e. The summed E-state index contributed by atoms with van der Waals surface area (Å²) in [6, 6.07) is 24.8. The number of carbonyl (C=O) groups is 3. The number of nitrogens with two attached hydrogens (primary N) is 1. The summed E-state index contributed by atoms with van der Waals surface area (Å²) in [7, 11) is 0. The number of amides is 3. The molecule has 3 atom stereocenters. The van der Waals surface area contributed by atoms with Gasteiger partial charge in [-0.1, -0.05) is 90.5 Å². The summed E-state index contributed by atoms with van der Waals surface area (Å²) in [5, 5.41) is 11.2. The molecular weight excluding hydrogens is 1370 g/mol. The number of H-pyrrole nitrogens is 1. The lowest BCUT2D eigenvalue weighted by molar-refractivity contribution is 0.0192. The van der Waals surface area contributed by atoms with Gasteiger partial charge in [0, 0.05) is 63.4 Å². The Morgan fingerprint density at radius 2 is 0.835 bits per heavy atom. The topological polar surface area (TPSA) is 318 Å². The molecule has 1 saturated carbocycles. The Balaban J connectivity index is 0.000000151. The monoisotopic (exact) mass is 1470 g/mol. The molecule has 3 saturated heterocycles. The molecule has 30 heteroatoms. The van der Waals surface area contributed by atoms with Crippen LogP contribution >= 0.6 is 34.8 Å². The molecule has 3 amide bonds. The van der Waals surface area contributed by atoms with Gasteiger partial charge in [0.25, 0.3) is 0 Å². The second-order valence-electron chi connectivity index (χ2n) is 28.2. The van der Waals surface area contributed by atoms with Crippen molar-refractivity contribution in [2.45, 2.75) is 174 Å². The minimum atomic E-state index is -0.495. The van der Waals surface area contributed by atoms with Gasteiger partial charge in [0.1, 0.15) is 62.4 Å². The van der Waals surface area contributed by atoms with Crippen molar-refractivity contribution < 1.29 is 28.6 Å². The highest BCUT2D eigenvalue weighted by molar-refractivity contribution is 6.32. The molecule has 3 aromatic carbocycles. The Morgan fingerprint density at radius 1 is 0.447 bits per heavy atom. The van der Waals surface area contributed by atoms with Crippen LogP contribution in [0.4, 0.5) is 31.8 Å². The summed E-state index contributed by atoms with van der Waals surface area (Å²) in [6.07, 6.45) is 29.6. The minimum Gasteiger partial charge on any atom is -0.444 e. The van der Waals surface area contributed by atoms with E-state index in [0.717, 1.165) is 89.8 Å². The lowest BCUT2D eigenvalue weighted by Crippen LogP contribution is -2.47. The fourth-order valence-corrected chi connectivity index (χ4v) is 12.0. The number of nitrogens with one attached hydrogen (secondary N) is 4. The molecule has 0 spiro atoms. The van der Waals surface area contributed by atoms with Crippen LogP contribution in [0, 0.1) is 0 Å². The molecule has 4 aliphatic rings. The Hall–Kier alpha value is -9.57. The second kappa shape index (κ2) is 37.0. The maximum atomic E-state index is 12.4. The predicted octanol–water partition coefficient (Wildman–Crippen LogP) is 14.8. The number of aromatic amines is 1. The summed E-state index contributed by atoms with van der Waals surface area (Å²) in [4.78, 5) is 90.7. The van der Waals surface area contributed by atoms with Crippen LogP contribution in [0.1, 0.15) is 133 Å². The highest BCUT2D eigenvalue weighted by Gasteiger charge is 2.31. The van der Waals surface area contributed by atoms with Crippen molar-refractivity contribution in [1.29, 1.82) is 0 Å². The SMILES string of the molecule is CC(C)(C)OC(=O)N1CCC[C@@H](N)C1.CC(C)(C)OC(=O)N1CCC[C@@H](Nc2cncc(-n3cnc4ccccc43)n2)C1.CC(C)(C)OC(=O)N1CCC[C@@H](Nc2cncc(Cl)n2)C1.Clc1cncc(Cl)n1.c1ccc2[nH]cnc2c1.c1ccc2c(c1)ncn2-c1cncc(NC2CCCCC2)n1. The number of hydrogen-bond donors (Lipinski definition) is 5. The number of anilines is 3. The first-order valence-electron chi connectivity index (χ1n) is 34.7. The molecule has 0 bridgehead atoms. The number of hydrogen-bond acceptors (Lipinski definition) is 21. The zero-order chi connectivity index (χ0) is 73.5. The van der Waals surface area contributed by atoms with Crippen molar-refractivity contribution in [2.24, 2.45) is 5.73 Å². The van der Waals surface area contributed by atoms with Gasteiger partial charge in [-0.25, -0.2) is 49.3 Å². The molecule has 27 nitrogen and oxygen atoms in total. The van der Waals surface area contributed by atoms with Gasteiger partial charge < -0.3 is 55.6 Å². The molecule has 6 N–H and O–H groups in total. The van der Waals surface area contributed by atoms with Crippen LogP contribution in [0.25, 0.3) is 44.7 Å². The van der Waals surface area contributed by atoms with Crippen LogP contribution in [0.2, 0.25) is 15.5 Å².